The van der Waals surface area contributed by atoms with Crippen LogP contribution in [0.25, 0.3) is 66.1 Å². The quantitative estimate of drug-likeness (QED) is 0.214. The Kier molecular flexibility index (Phi) is 5.70. The second-order valence-electron chi connectivity index (χ2n) is 11.5. The molecule has 0 saturated carbocycles. The van der Waals surface area contributed by atoms with Crippen LogP contribution in [0.1, 0.15) is 30.9 Å². The van der Waals surface area contributed by atoms with Crippen molar-refractivity contribution < 1.29 is 0 Å². The van der Waals surface area contributed by atoms with Crippen LogP contribution in [-0.2, 0) is 0 Å². The van der Waals surface area contributed by atoms with E-state index in [1.807, 2.05) is 12.1 Å². The number of hydrogen-bond acceptors (Lipinski definition) is 1. The van der Waals surface area contributed by atoms with Crippen LogP contribution in [-0.4, -0.2) is 9.13 Å². The first kappa shape index (κ1) is 25.1. The minimum absolute atomic E-state index is 0.374. The zero-order chi connectivity index (χ0) is 29.1. The lowest BCUT2D eigenvalue weighted by Gasteiger charge is -2.20. The molecule has 8 aromatic rings. The van der Waals surface area contributed by atoms with Gasteiger partial charge in [-0.3, -0.25) is 0 Å². The highest BCUT2D eigenvalue weighted by Gasteiger charge is 2.21. The van der Waals surface area contributed by atoms with E-state index in [0.717, 1.165) is 33.5 Å². The molecule has 0 aliphatic carbocycles. The Morgan fingerprint density at radius 1 is 0.488 bits per heavy atom. The van der Waals surface area contributed by atoms with Crippen LogP contribution in [0, 0.1) is 11.3 Å². The molecule has 2 aromatic heterocycles. The summed E-state index contributed by atoms with van der Waals surface area (Å²) >= 11 is 0. The van der Waals surface area contributed by atoms with Gasteiger partial charge in [-0.2, -0.15) is 5.26 Å². The molecule has 0 amide bonds. The maximum atomic E-state index is 10.0. The summed E-state index contributed by atoms with van der Waals surface area (Å²) in [6, 6.07) is 49.8. The third kappa shape index (κ3) is 3.81. The molecule has 204 valence electrons. The molecule has 43 heavy (non-hydrogen) atoms. The summed E-state index contributed by atoms with van der Waals surface area (Å²) < 4.78 is 4.74. The number of rotatable bonds is 4. The lowest BCUT2D eigenvalue weighted by molar-refractivity contribution is 0.864. The van der Waals surface area contributed by atoms with Gasteiger partial charge in [-0.25, -0.2) is 0 Å². The molecule has 3 heteroatoms. The number of hydrogen-bond donors (Lipinski definition) is 0. The summed E-state index contributed by atoms with van der Waals surface area (Å²) in [4.78, 5) is 0. The second-order valence-corrected chi connectivity index (χ2v) is 11.5. The average Bonchev–Trinajstić information content (AvgIpc) is 3.57. The van der Waals surface area contributed by atoms with Gasteiger partial charge >= 0.3 is 0 Å². The number of benzene rings is 6. The normalized spacial score (nSPS) is 11.7. The van der Waals surface area contributed by atoms with Crippen LogP contribution >= 0.6 is 0 Å². The highest BCUT2D eigenvalue weighted by Crippen LogP contribution is 2.41. The SMILES string of the molecule is CC(C)c1ccc(-c2ccc(C#N)cc2-n2c3ccccc3c3ccccc32)c(-n2c3ccccc3c3ccccc32)c1. The molecular weight excluding hydrogens is 522 g/mol. The van der Waals surface area contributed by atoms with Crippen molar-refractivity contribution in [3.63, 3.8) is 0 Å². The molecule has 0 N–H and O–H groups in total. The molecule has 6 aromatic carbocycles. The zero-order valence-electron chi connectivity index (χ0n) is 24.1. The predicted molar refractivity (Wildman–Crippen MR) is 179 cm³/mol. The Hall–Kier alpha value is -5.59. The molecule has 0 aliphatic rings. The van der Waals surface area contributed by atoms with Gasteiger partial charge in [0.25, 0.3) is 0 Å². The van der Waals surface area contributed by atoms with Crippen molar-refractivity contribution in [1.82, 2.24) is 9.13 Å². The summed E-state index contributed by atoms with van der Waals surface area (Å²) in [5, 5.41) is 14.9. The van der Waals surface area contributed by atoms with E-state index in [1.54, 1.807) is 0 Å². The molecule has 0 atom stereocenters. The van der Waals surface area contributed by atoms with Gasteiger partial charge in [0.05, 0.1) is 45.1 Å². The first-order chi connectivity index (χ1) is 21.1. The van der Waals surface area contributed by atoms with Gasteiger partial charge in [0.1, 0.15) is 0 Å². The third-order valence-electron chi connectivity index (χ3n) is 8.75. The molecule has 0 unspecified atom stereocenters. The number of nitrogens with zero attached hydrogens (tertiary/aromatic N) is 3. The van der Waals surface area contributed by atoms with Gasteiger partial charge in [0.2, 0.25) is 0 Å². The van der Waals surface area contributed by atoms with Crippen LogP contribution in [0.15, 0.2) is 133 Å². The minimum atomic E-state index is 0.374. The van der Waals surface area contributed by atoms with E-state index in [0.29, 0.717) is 11.5 Å². The van der Waals surface area contributed by atoms with Crippen molar-refractivity contribution in [3.8, 4) is 28.6 Å². The van der Waals surface area contributed by atoms with Gasteiger partial charge in [-0.1, -0.05) is 105 Å². The van der Waals surface area contributed by atoms with Crippen molar-refractivity contribution >= 4 is 43.6 Å². The van der Waals surface area contributed by atoms with Crippen molar-refractivity contribution in [1.29, 1.82) is 5.26 Å². The highest BCUT2D eigenvalue weighted by atomic mass is 15.0. The van der Waals surface area contributed by atoms with Gasteiger partial charge in [-0.05, 0) is 53.9 Å². The van der Waals surface area contributed by atoms with Gasteiger partial charge in [-0.15, -0.1) is 0 Å². The summed E-state index contributed by atoms with van der Waals surface area (Å²) in [6.07, 6.45) is 0. The number of para-hydroxylation sites is 4. The lowest BCUT2D eigenvalue weighted by Crippen LogP contribution is -2.03. The highest BCUT2D eigenvalue weighted by molar-refractivity contribution is 6.11. The van der Waals surface area contributed by atoms with E-state index in [-0.39, 0.29) is 0 Å². The Morgan fingerprint density at radius 3 is 1.30 bits per heavy atom. The molecule has 8 rings (SSSR count). The Bertz CT molecular complexity index is 2290. The Labute approximate surface area is 250 Å². The van der Waals surface area contributed by atoms with Crippen LogP contribution in [0.3, 0.4) is 0 Å². The minimum Gasteiger partial charge on any atom is -0.309 e. The molecular formula is C40H29N3. The summed E-state index contributed by atoms with van der Waals surface area (Å²) in [7, 11) is 0. The number of fused-ring (bicyclic) bond motifs is 6. The average molecular weight is 552 g/mol. The molecule has 2 heterocycles. The molecule has 0 fully saturated rings. The largest absolute Gasteiger partial charge is 0.309 e. The first-order valence-electron chi connectivity index (χ1n) is 14.8. The van der Waals surface area contributed by atoms with Crippen LogP contribution in [0.2, 0.25) is 0 Å². The van der Waals surface area contributed by atoms with E-state index >= 15 is 0 Å². The van der Waals surface area contributed by atoms with Crippen molar-refractivity contribution in [2.75, 3.05) is 0 Å². The van der Waals surface area contributed by atoms with E-state index in [4.69, 9.17) is 0 Å². The first-order valence-corrected chi connectivity index (χ1v) is 14.8. The Morgan fingerprint density at radius 2 is 0.884 bits per heavy atom. The topological polar surface area (TPSA) is 33.6 Å². The molecule has 0 aliphatic heterocycles. The van der Waals surface area contributed by atoms with Crippen LogP contribution in [0.4, 0.5) is 0 Å². The van der Waals surface area contributed by atoms with Gasteiger partial charge < -0.3 is 9.13 Å². The summed E-state index contributed by atoms with van der Waals surface area (Å²) in [5.41, 5.74) is 10.9. The molecule has 0 spiro atoms. The standard InChI is InChI=1S/C40H29N3/c1-26(2)28-20-22-34(40(24-28)43-37-17-9-5-13-31(37)32-14-6-10-18-38(32)43)33-21-19-27(25-41)23-39(33)42-35-15-7-3-11-29(35)30-12-4-8-16-36(30)42/h3-24,26H,1-2H3. The third-order valence-corrected chi connectivity index (χ3v) is 8.75. The smallest absolute Gasteiger partial charge is 0.0992 e. The molecule has 0 bridgehead atoms. The number of aromatic nitrogens is 2. The van der Waals surface area contributed by atoms with E-state index < -0.39 is 0 Å². The monoisotopic (exact) mass is 551 g/mol. The van der Waals surface area contributed by atoms with Crippen molar-refractivity contribution in [2.24, 2.45) is 0 Å². The predicted octanol–water partition coefficient (Wildman–Crippen LogP) is 10.5. The van der Waals surface area contributed by atoms with E-state index in [2.05, 4.69) is 150 Å². The maximum Gasteiger partial charge on any atom is 0.0992 e. The molecule has 3 nitrogen and oxygen atoms in total. The fraction of sp³-hybridized carbons (Fsp3) is 0.0750. The molecule has 0 radical (unpaired) electrons. The molecule has 0 saturated heterocycles. The maximum absolute atomic E-state index is 10.0. The van der Waals surface area contributed by atoms with Crippen molar-refractivity contribution in [3.05, 3.63) is 145 Å². The lowest BCUT2D eigenvalue weighted by atomic mass is 9.94. The fourth-order valence-corrected chi connectivity index (χ4v) is 6.70. The summed E-state index contributed by atoms with van der Waals surface area (Å²) in [5.74, 6) is 0.374. The van der Waals surface area contributed by atoms with Crippen LogP contribution in [0.5, 0.6) is 0 Å². The van der Waals surface area contributed by atoms with Crippen molar-refractivity contribution in [2.45, 2.75) is 19.8 Å². The van der Waals surface area contributed by atoms with E-state index in [1.165, 1.54) is 38.1 Å². The summed E-state index contributed by atoms with van der Waals surface area (Å²) in [6.45, 7) is 4.49. The fourth-order valence-electron chi connectivity index (χ4n) is 6.70. The van der Waals surface area contributed by atoms with E-state index in [9.17, 15) is 5.26 Å². The van der Waals surface area contributed by atoms with Gasteiger partial charge in [0, 0.05) is 32.7 Å². The Balaban J connectivity index is 1.51. The number of nitriles is 1. The second kappa shape index (κ2) is 9.76. The van der Waals surface area contributed by atoms with Crippen LogP contribution < -0.4 is 0 Å². The van der Waals surface area contributed by atoms with Gasteiger partial charge in [0.15, 0.2) is 0 Å². The zero-order valence-corrected chi connectivity index (χ0v) is 24.1.